The van der Waals surface area contributed by atoms with Crippen LogP contribution in [-0.2, 0) is 0 Å². The summed E-state index contributed by atoms with van der Waals surface area (Å²) in [5.74, 6) is -0.0243. The van der Waals surface area contributed by atoms with Crippen LogP contribution in [0.5, 0.6) is 0 Å². The van der Waals surface area contributed by atoms with Crippen molar-refractivity contribution in [1.82, 2.24) is 0 Å². The highest BCUT2D eigenvalue weighted by atomic mass is 19.2. The van der Waals surface area contributed by atoms with Crippen LogP contribution in [-0.4, -0.2) is 6.04 Å². The van der Waals surface area contributed by atoms with Crippen LogP contribution in [0.4, 0.5) is 14.5 Å². The third-order valence-electron chi connectivity index (χ3n) is 4.25. The number of nitrogens with one attached hydrogen (secondary N) is 1. The molecule has 1 N–H and O–H groups in total. The van der Waals surface area contributed by atoms with E-state index in [1.807, 2.05) is 0 Å². The average Bonchev–Trinajstić information content (AvgIpc) is 2.59. The summed E-state index contributed by atoms with van der Waals surface area (Å²) in [4.78, 5) is 0. The van der Waals surface area contributed by atoms with Crippen LogP contribution in [0.15, 0.2) is 18.2 Å². The van der Waals surface area contributed by atoms with Gasteiger partial charge in [0, 0.05) is 17.8 Å². The monoisotopic (exact) mass is 267 g/mol. The zero-order chi connectivity index (χ0) is 13.8. The maximum Gasteiger partial charge on any atom is 0.160 e. The first kappa shape index (κ1) is 14.3. The molecule has 3 heteroatoms. The number of halogens is 2. The lowest BCUT2D eigenvalue weighted by Crippen LogP contribution is -2.19. The normalized spacial score (nSPS) is 24.3. The van der Waals surface area contributed by atoms with E-state index in [1.165, 1.54) is 31.4 Å². The molecular weight excluding hydrogens is 244 g/mol. The highest BCUT2D eigenvalue weighted by molar-refractivity contribution is 5.44. The Bertz CT molecular complexity index is 417. The molecule has 2 rings (SSSR count). The van der Waals surface area contributed by atoms with Gasteiger partial charge in [-0.05, 0) is 43.2 Å². The fraction of sp³-hybridized carbons (Fsp3) is 0.625. The fourth-order valence-electron chi connectivity index (χ4n) is 2.96. The van der Waals surface area contributed by atoms with E-state index in [1.54, 1.807) is 6.07 Å². The third kappa shape index (κ3) is 3.92. The SMILES string of the molecule is CC(C)C1CCCC(Nc2ccc(F)c(F)c2)CC1. The lowest BCUT2D eigenvalue weighted by molar-refractivity contribution is 0.341. The van der Waals surface area contributed by atoms with Gasteiger partial charge in [0.15, 0.2) is 11.6 Å². The molecule has 1 nitrogen and oxygen atoms in total. The van der Waals surface area contributed by atoms with Crippen molar-refractivity contribution in [2.75, 3.05) is 5.32 Å². The number of hydrogen-bond acceptors (Lipinski definition) is 1. The smallest absolute Gasteiger partial charge is 0.160 e. The Labute approximate surface area is 114 Å². The second-order valence-corrected chi connectivity index (χ2v) is 5.98. The topological polar surface area (TPSA) is 12.0 Å². The van der Waals surface area contributed by atoms with Crippen LogP contribution >= 0.6 is 0 Å². The van der Waals surface area contributed by atoms with Gasteiger partial charge in [0.1, 0.15) is 0 Å². The highest BCUT2D eigenvalue weighted by Gasteiger charge is 2.21. The lowest BCUT2D eigenvalue weighted by Gasteiger charge is -2.19. The number of benzene rings is 1. The molecule has 0 aromatic heterocycles. The Morgan fingerprint density at radius 2 is 1.84 bits per heavy atom. The van der Waals surface area contributed by atoms with Gasteiger partial charge in [-0.3, -0.25) is 0 Å². The van der Waals surface area contributed by atoms with E-state index in [2.05, 4.69) is 19.2 Å². The summed E-state index contributed by atoms with van der Waals surface area (Å²) in [5, 5.41) is 3.34. The molecule has 1 fully saturated rings. The Balaban J connectivity index is 1.94. The molecular formula is C16H23F2N. The van der Waals surface area contributed by atoms with Gasteiger partial charge in [-0.15, -0.1) is 0 Å². The minimum absolute atomic E-state index is 0.383. The van der Waals surface area contributed by atoms with Gasteiger partial charge in [0.2, 0.25) is 0 Å². The van der Waals surface area contributed by atoms with E-state index in [-0.39, 0.29) is 0 Å². The predicted octanol–water partition coefficient (Wildman–Crippen LogP) is 4.98. The molecule has 0 heterocycles. The average molecular weight is 267 g/mol. The van der Waals surface area contributed by atoms with Crippen molar-refractivity contribution in [3.05, 3.63) is 29.8 Å². The van der Waals surface area contributed by atoms with Crippen LogP contribution in [0.1, 0.15) is 46.0 Å². The van der Waals surface area contributed by atoms with E-state index in [0.29, 0.717) is 11.7 Å². The fourth-order valence-corrected chi connectivity index (χ4v) is 2.96. The van der Waals surface area contributed by atoms with Crippen LogP contribution in [0.25, 0.3) is 0 Å². The van der Waals surface area contributed by atoms with Crippen molar-refractivity contribution in [2.24, 2.45) is 11.8 Å². The summed E-state index contributed by atoms with van der Waals surface area (Å²) < 4.78 is 26.0. The largest absolute Gasteiger partial charge is 0.382 e. The molecule has 1 saturated carbocycles. The molecule has 1 aliphatic carbocycles. The van der Waals surface area contributed by atoms with Crippen molar-refractivity contribution in [1.29, 1.82) is 0 Å². The zero-order valence-corrected chi connectivity index (χ0v) is 11.8. The summed E-state index contributed by atoms with van der Waals surface area (Å²) in [7, 11) is 0. The van der Waals surface area contributed by atoms with Crippen molar-refractivity contribution in [3.63, 3.8) is 0 Å². The first-order chi connectivity index (χ1) is 9.06. The zero-order valence-electron chi connectivity index (χ0n) is 11.8. The highest BCUT2D eigenvalue weighted by Crippen LogP contribution is 2.30. The Hall–Kier alpha value is -1.12. The van der Waals surface area contributed by atoms with Crippen LogP contribution in [0.2, 0.25) is 0 Å². The van der Waals surface area contributed by atoms with Crippen molar-refractivity contribution < 1.29 is 8.78 Å². The summed E-state index contributed by atoms with van der Waals surface area (Å²) >= 11 is 0. The summed E-state index contributed by atoms with van der Waals surface area (Å²) in [6, 6.07) is 4.43. The summed E-state index contributed by atoms with van der Waals surface area (Å²) in [6.07, 6.45) is 5.95. The molecule has 1 aliphatic rings. The molecule has 106 valence electrons. The molecule has 19 heavy (non-hydrogen) atoms. The maximum atomic E-state index is 13.2. The van der Waals surface area contributed by atoms with E-state index < -0.39 is 11.6 Å². The van der Waals surface area contributed by atoms with Crippen molar-refractivity contribution >= 4 is 5.69 Å². The second-order valence-electron chi connectivity index (χ2n) is 5.98. The van der Waals surface area contributed by atoms with Gasteiger partial charge >= 0.3 is 0 Å². The van der Waals surface area contributed by atoms with Gasteiger partial charge in [0.05, 0.1) is 0 Å². The van der Waals surface area contributed by atoms with Crippen LogP contribution in [0.3, 0.4) is 0 Å². The number of hydrogen-bond donors (Lipinski definition) is 1. The summed E-state index contributed by atoms with van der Waals surface area (Å²) in [6.45, 7) is 4.57. The minimum Gasteiger partial charge on any atom is -0.382 e. The molecule has 0 amide bonds. The standard InChI is InChI=1S/C16H23F2N/c1-11(2)12-4-3-5-13(7-6-12)19-14-8-9-15(17)16(18)10-14/h8-13,19H,3-7H2,1-2H3. The van der Waals surface area contributed by atoms with E-state index in [0.717, 1.165) is 24.7 Å². The maximum absolute atomic E-state index is 13.2. The molecule has 0 saturated heterocycles. The Morgan fingerprint density at radius 1 is 1.05 bits per heavy atom. The van der Waals surface area contributed by atoms with Gasteiger partial charge in [0.25, 0.3) is 0 Å². The van der Waals surface area contributed by atoms with E-state index in [4.69, 9.17) is 0 Å². The van der Waals surface area contributed by atoms with Crippen LogP contribution in [0, 0.1) is 23.5 Å². The predicted molar refractivity (Wildman–Crippen MR) is 75.2 cm³/mol. The molecule has 1 aromatic rings. The quantitative estimate of drug-likeness (QED) is 0.761. The second kappa shape index (κ2) is 6.36. The lowest BCUT2D eigenvalue weighted by atomic mass is 9.89. The van der Waals surface area contributed by atoms with E-state index in [9.17, 15) is 8.78 Å². The van der Waals surface area contributed by atoms with Gasteiger partial charge in [-0.1, -0.05) is 26.7 Å². The molecule has 1 aromatic carbocycles. The Kier molecular flexibility index (Phi) is 4.78. The van der Waals surface area contributed by atoms with Crippen LogP contribution < -0.4 is 5.32 Å². The third-order valence-corrected chi connectivity index (χ3v) is 4.25. The minimum atomic E-state index is -0.786. The molecule has 2 unspecified atom stereocenters. The molecule has 2 atom stereocenters. The van der Waals surface area contributed by atoms with Gasteiger partial charge < -0.3 is 5.32 Å². The van der Waals surface area contributed by atoms with Gasteiger partial charge in [-0.25, -0.2) is 8.78 Å². The number of anilines is 1. The first-order valence-corrected chi connectivity index (χ1v) is 7.28. The van der Waals surface area contributed by atoms with E-state index >= 15 is 0 Å². The molecule has 0 spiro atoms. The number of rotatable bonds is 3. The van der Waals surface area contributed by atoms with Crippen molar-refractivity contribution in [2.45, 2.75) is 52.0 Å². The molecule has 0 radical (unpaired) electrons. The molecule has 0 aliphatic heterocycles. The molecule has 0 bridgehead atoms. The van der Waals surface area contributed by atoms with Crippen molar-refractivity contribution in [3.8, 4) is 0 Å². The Morgan fingerprint density at radius 3 is 2.53 bits per heavy atom. The summed E-state index contributed by atoms with van der Waals surface area (Å²) in [5.41, 5.74) is 0.687. The van der Waals surface area contributed by atoms with Gasteiger partial charge in [-0.2, -0.15) is 0 Å². The first-order valence-electron chi connectivity index (χ1n) is 7.28.